The maximum Gasteiger partial charge on any atom is 0.256 e. The van der Waals surface area contributed by atoms with Gasteiger partial charge in [0.2, 0.25) is 10.0 Å². The Labute approximate surface area is 191 Å². The van der Waals surface area contributed by atoms with Crippen molar-refractivity contribution in [1.29, 1.82) is 0 Å². The molecule has 1 aliphatic heterocycles. The van der Waals surface area contributed by atoms with Crippen LogP contribution in [0, 0.1) is 5.82 Å². The van der Waals surface area contributed by atoms with Crippen LogP contribution in [0.15, 0.2) is 75.4 Å². The third kappa shape index (κ3) is 4.72. The third-order valence-electron chi connectivity index (χ3n) is 5.23. The first-order valence-corrected chi connectivity index (χ1v) is 12.5. The summed E-state index contributed by atoms with van der Waals surface area (Å²) >= 11 is 1.18. The molecule has 166 valence electrons. The van der Waals surface area contributed by atoms with Crippen molar-refractivity contribution < 1.29 is 17.6 Å². The fraction of sp³-hybridized carbons (Fsp3) is 0.208. The Balaban J connectivity index is 1.69. The van der Waals surface area contributed by atoms with E-state index in [4.69, 9.17) is 0 Å². The number of hydrogen-bond donors (Lipinski definition) is 2. The number of halogens is 1. The molecule has 1 heterocycles. The second-order valence-electron chi connectivity index (χ2n) is 7.87. The Morgan fingerprint density at radius 1 is 1.03 bits per heavy atom. The lowest BCUT2D eigenvalue weighted by atomic mass is 10.0. The molecule has 0 saturated heterocycles. The highest BCUT2D eigenvalue weighted by Crippen LogP contribution is 2.42. The Bertz CT molecular complexity index is 1280. The quantitative estimate of drug-likeness (QED) is 0.520. The van der Waals surface area contributed by atoms with E-state index in [0.717, 1.165) is 5.56 Å². The van der Waals surface area contributed by atoms with Gasteiger partial charge in [-0.2, -0.15) is 0 Å². The second kappa shape index (κ2) is 9.05. The predicted octanol–water partition coefficient (Wildman–Crippen LogP) is 5.19. The zero-order chi connectivity index (χ0) is 22.9. The van der Waals surface area contributed by atoms with Crippen LogP contribution in [0.4, 0.5) is 10.1 Å². The standard InChI is InChI=1S/C24H23FN2O3S2/c1-15(2)19-13-20-22(31-21-12-17(25)8-9-18(21)24(28)27-20)14-23(19)32(29,30)26-11-10-16-6-4-3-5-7-16/h3-9,12-15,26H,10-11H2,1-2H3,(H,27,28). The number of rotatable bonds is 6. The minimum atomic E-state index is -3.80. The van der Waals surface area contributed by atoms with Crippen molar-refractivity contribution in [2.75, 3.05) is 11.9 Å². The summed E-state index contributed by atoms with van der Waals surface area (Å²) in [7, 11) is -3.80. The number of hydrogen-bond acceptors (Lipinski definition) is 4. The first-order chi connectivity index (χ1) is 15.2. The lowest BCUT2D eigenvalue weighted by molar-refractivity contribution is 0.102. The molecule has 8 heteroatoms. The van der Waals surface area contributed by atoms with Crippen LogP contribution >= 0.6 is 11.8 Å². The lowest BCUT2D eigenvalue weighted by Crippen LogP contribution is -2.27. The molecule has 0 fully saturated rings. The second-order valence-corrected chi connectivity index (χ2v) is 10.7. The molecule has 0 atom stereocenters. The molecule has 0 aliphatic carbocycles. The van der Waals surface area contributed by atoms with E-state index in [1.165, 1.54) is 30.0 Å². The van der Waals surface area contributed by atoms with Gasteiger partial charge < -0.3 is 5.32 Å². The van der Waals surface area contributed by atoms with Crippen molar-refractivity contribution in [3.05, 3.63) is 83.2 Å². The van der Waals surface area contributed by atoms with Gasteiger partial charge in [-0.3, -0.25) is 4.79 Å². The van der Waals surface area contributed by atoms with Gasteiger partial charge in [0.25, 0.3) is 5.91 Å². The maximum absolute atomic E-state index is 13.8. The van der Waals surface area contributed by atoms with Crippen molar-refractivity contribution in [3.8, 4) is 0 Å². The van der Waals surface area contributed by atoms with Gasteiger partial charge in [0.05, 0.1) is 16.1 Å². The third-order valence-corrected chi connectivity index (χ3v) is 7.86. The van der Waals surface area contributed by atoms with E-state index in [1.807, 2.05) is 44.2 Å². The van der Waals surface area contributed by atoms with E-state index in [2.05, 4.69) is 10.0 Å². The van der Waals surface area contributed by atoms with Crippen molar-refractivity contribution >= 4 is 33.4 Å². The van der Waals surface area contributed by atoms with Crippen LogP contribution in [0.2, 0.25) is 0 Å². The van der Waals surface area contributed by atoms with Crippen LogP contribution in [-0.4, -0.2) is 20.9 Å². The molecule has 0 unspecified atom stereocenters. The van der Waals surface area contributed by atoms with Crippen molar-refractivity contribution in [2.45, 2.75) is 40.9 Å². The van der Waals surface area contributed by atoms with E-state index in [0.29, 0.717) is 33.0 Å². The molecule has 0 saturated carbocycles. The molecule has 0 aromatic heterocycles. The van der Waals surface area contributed by atoms with Gasteiger partial charge in [0, 0.05) is 16.3 Å². The van der Waals surface area contributed by atoms with Crippen LogP contribution in [-0.2, 0) is 16.4 Å². The molecule has 1 amide bonds. The Kier molecular flexibility index (Phi) is 6.37. The summed E-state index contributed by atoms with van der Waals surface area (Å²) in [6, 6.07) is 16.9. The van der Waals surface area contributed by atoms with E-state index < -0.39 is 15.8 Å². The number of fused-ring (bicyclic) bond motifs is 2. The molecule has 5 nitrogen and oxygen atoms in total. The molecular formula is C24H23FN2O3S2. The van der Waals surface area contributed by atoms with Gasteiger partial charge in [-0.25, -0.2) is 17.5 Å². The molecule has 4 rings (SSSR count). The molecule has 0 spiro atoms. The Morgan fingerprint density at radius 2 is 1.78 bits per heavy atom. The van der Waals surface area contributed by atoms with Crippen LogP contribution in [0.25, 0.3) is 0 Å². The highest BCUT2D eigenvalue weighted by molar-refractivity contribution is 7.99. The van der Waals surface area contributed by atoms with Gasteiger partial charge in [-0.1, -0.05) is 55.9 Å². The summed E-state index contributed by atoms with van der Waals surface area (Å²) in [6.07, 6.45) is 0.569. The Hall–Kier alpha value is -2.68. The largest absolute Gasteiger partial charge is 0.321 e. The van der Waals surface area contributed by atoms with Gasteiger partial charge in [-0.15, -0.1) is 0 Å². The van der Waals surface area contributed by atoms with Crippen molar-refractivity contribution in [3.63, 3.8) is 0 Å². The number of amides is 1. The maximum atomic E-state index is 13.8. The van der Waals surface area contributed by atoms with Crippen LogP contribution in [0.3, 0.4) is 0 Å². The summed E-state index contributed by atoms with van der Waals surface area (Å²) in [4.78, 5) is 13.8. The average Bonchev–Trinajstić information content (AvgIpc) is 2.88. The normalized spacial score (nSPS) is 13.3. The number of carbonyl (C=O) groups is 1. The van der Waals surface area contributed by atoms with Crippen LogP contribution in [0.1, 0.15) is 41.3 Å². The SMILES string of the molecule is CC(C)c1cc2c(cc1S(=O)(=O)NCCc1ccccc1)Sc1cc(F)ccc1C(=O)N2. The monoisotopic (exact) mass is 470 g/mol. The zero-order valence-corrected chi connectivity index (χ0v) is 19.3. The first kappa shape index (κ1) is 22.5. The number of benzene rings is 3. The van der Waals surface area contributed by atoms with E-state index in [9.17, 15) is 17.6 Å². The highest BCUT2D eigenvalue weighted by atomic mass is 32.2. The summed E-state index contributed by atoms with van der Waals surface area (Å²) in [5.41, 5.74) is 2.51. The molecule has 0 bridgehead atoms. The zero-order valence-electron chi connectivity index (χ0n) is 17.7. The highest BCUT2D eigenvalue weighted by Gasteiger charge is 2.26. The van der Waals surface area contributed by atoms with Crippen LogP contribution in [0.5, 0.6) is 0 Å². The number of anilines is 1. The van der Waals surface area contributed by atoms with E-state index in [-0.39, 0.29) is 23.3 Å². The molecule has 3 aromatic carbocycles. The minimum absolute atomic E-state index is 0.0917. The molecule has 1 aliphatic rings. The fourth-order valence-corrected chi connectivity index (χ4v) is 6.13. The number of sulfonamides is 1. The Morgan fingerprint density at radius 3 is 2.50 bits per heavy atom. The van der Waals surface area contributed by atoms with Gasteiger partial charge in [0.1, 0.15) is 5.82 Å². The van der Waals surface area contributed by atoms with Gasteiger partial charge in [0.15, 0.2) is 0 Å². The number of carbonyl (C=O) groups excluding carboxylic acids is 1. The first-order valence-electron chi connectivity index (χ1n) is 10.2. The fourth-order valence-electron chi connectivity index (χ4n) is 3.57. The molecule has 3 aromatic rings. The summed E-state index contributed by atoms with van der Waals surface area (Å²) in [5, 5.41) is 2.84. The predicted molar refractivity (Wildman–Crippen MR) is 124 cm³/mol. The van der Waals surface area contributed by atoms with E-state index >= 15 is 0 Å². The lowest BCUT2D eigenvalue weighted by Gasteiger charge is -2.18. The topological polar surface area (TPSA) is 75.3 Å². The van der Waals surface area contributed by atoms with Crippen molar-refractivity contribution in [2.24, 2.45) is 0 Å². The van der Waals surface area contributed by atoms with Gasteiger partial charge >= 0.3 is 0 Å². The summed E-state index contributed by atoms with van der Waals surface area (Å²) in [6.45, 7) is 4.07. The molecule has 2 N–H and O–H groups in total. The smallest absolute Gasteiger partial charge is 0.256 e. The molecule has 0 radical (unpaired) electrons. The molecular weight excluding hydrogens is 447 g/mol. The number of nitrogens with one attached hydrogen (secondary N) is 2. The van der Waals surface area contributed by atoms with Gasteiger partial charge in [-0.05, 0) is 53.8 Å². The average molecular weight is 471 g/mol. The summed E-state index contributed by atoms with van der Waals surface area (Å²) in [5.74, 6) is -0.898. The molecule has 32 heavy (non-hydrogen) atoms. The van der Waals surface area contributed by atoms with E-state index in [1.54, 1.807) is 12.1 Å². The van der Waals surface area contributed by atoms with Crippen molar-refractivity contribution in [1.82, 2.24) is 4.72 Å². The summed E-state index contributed by atoms with van der Waals surface area (Å²) < 4.78 is 42.9. The minimum Gasteiger partial charge on any atom is -0.321 e. The van der Waals surface area contributed by atoms with Crippen LogP contribution < -0.4 is 10.0 Å².